The number of anilines is 1. The molecule has 0 aliphatic heterocycles. The van der Waals surface area contributed by atoms with Crippen LogP contribution in [0, 0.1) is 0 Å². The molecule has 2 heterocycles. The summed E-state index contributed by atoms with van der Waals surface area (Å²) in [6.45, 7) is -0.134. The molecule has 1 N–H and O–H groups in total. The van der Waals surface area contributed by atoms with E-state index in [2.05, 4.69) is 5.32 Å². The number of aromatic nitrogens is 3. The topological polar surface area (TPSA) is 104 Å². The van der Waals surface area contributed by atoms with Crippen molar-refractivity contribution in [3.05, 3.63) is 94.8 Å². The second-order valence-electron chi connectivity index (χ2n) is 8.00. The Bertz CT molecular complexity index is 1670. The van der Waals surface area contributed by atoms with Crippen molar-refractivity contribution in [2.24, 2.45) is 0 Å². The van der Waals surface area contributed by atoms with Crippen LogP contribution in [0.5, 0.6) is 5.75 Å². The van der Waals surface area contributed by atoms with Gasteiger partial charge >= 0.3 is 5.97 Å². The molecule has 36 heavy (non-hydrogen) atoms. The average Bonchev–Trinajstić information content (AvgIpc) is 3.22. The summed E-state index contributed by atoms with van der Waals surface area (Å²) in [7, 11) is 2.86. The molecule has 1 amide bonds. The van der Waals surface area contributed by atoms with Gasteiger partial charge in [0.25, 0.3) is 5.56 Å². The average molecular weight is 482 g/mol. The molecule has 3 aromatic carbocycles. The molecule has 0 saturated carbocycles. The molecule has 180 valence electrons. The zero-order valence-electron chi connectivity index (χ0n) is 19.6. The highest BCUT2D eigenvalue weighted by Crippen LogP contribution is 2.24. The number of carbonyl (C=O) groups is 2. The van der Waals surface area contributed by atoms with E-state index in [9.17, 15) is 14.4 Å². The number of methoxy groups -OCH3 is 2. The Morgan fingerprint density at radius 2 is 1.61 bits per heavy atom. The van der Waals surface area contributed by atoms with Crippen LogP contribution in [-0.4, -0.2) is 40.0 Å². The lowest BCUT2D eigenvalue weighted by atomic mass is 10.1. The first-order valence-corrected chi connectivity index (χ1v) is 11.1. The fourth-order valence-electron chi connectivity index (χ4n) is 4.15. The Balaban J connectivity index is 1.59. The lowest BCUT2D eigenvalue weighted by molar-refractivity contribution is -0.116. The van der Waals surface area contributed by atoms with Gasteiger partial charge < -0.3 is 19.4 Å². The maximum atomic E-state index is 13.2. The van der Waals surface area contributed by atoms with E-state index in [1.807, 2.05) is 30.3 Å². The molecule has 0 spiro atoms. The molecule has 0 unspecified atom stereocenters. The lowest BCUT2D eigenvalue weighted by Crippen LogP contribution is -2.22. The second-order valence-corrected chi connectivity index (χ2v) is 8.00. The van der Waals surface area contributed by atoms with E-state index >= 15 is 0 Å². The number of nitrogens with zero attached hydrogens (tertiary/aromatic N) is 3. The quantitative estimate of drug-likeness (QED) is 0.370. The zero-order valence-corrected chi connectivity index (χ0v) is 19.6. The first-order chi connectivity index (χ1) is 17.5. The predicted octanol–water partition coefficient (Wildman–Crippen LogP) is 3.75. The SMILES string of the molecule is COC(=O)c1ccccc1NC(=O)Cn1c2ccccc2n2c(=O)cc(-c3ccc(OC)cc3)nc12. The van der Waals surface area contributed by atoms with E-state index < -0.39 is 11.9 Å². The molecule has 0 aliphatic carbocycles. The van der Waals surface area contributed by atoms with Crippen LogP contribution in [0.3, 0.4) is 0 Å². The van der Waals surface area contributed by atoms with Crippen LogP contribution in [0.25, 0.3) is 28.1 Å². The number of hydrogen-bond donors (Lipinski definition) is 1. The van der Waals surface area contributed by atoms with Gasteiger partial charge in [-0.3, -0.25) is 9.59 Å². The Kier molecular flexibility index (Phi) is 5.95. The van der Waals surface area contributed by atoms with Gasteiger partial charge in [-0.15, -0.1) is 0 Å². The molecule has 2 aromatic heterocycles. The molecule has 0 bridgehead atoms. The maximum absolute atomic E-state index is 13.2. The monoisotopic (exact) mass is 482 g/mol. The van der Waals surface area contributed by atoms with E-state index in [1.54, 1.807) is 54.1 Å². The summed E-state index contributed by atoms with van der Waals surface area (Å²) < 4.78 is 13.2. The van der Waals surface area contributed by atoms with Crippen LogP contribution < -0.4 is 15.6 Å². The zero-order chi connectivity index (χ0) is 25.2. The highest BCUT2D eigenvalue weighted by Gasteiger charge is 2.19. The third-order valence-electron chi connectivity index (χ3n) is 5.85. The highest BCUT2D eigenvalue weighted by molar-refractivity contribution is 6.01. The fraction of sp³-hybridized carbons (Fsp3) is 0.111. The van der Waals surface area contributed by atoms with E-state index in [4.69, 9.17) is 14.5 Å². The van der Waals surface area contributed by atoms with Gasteiger partial charge in [-0.2, -0.15) is 0 Å². The summed E-state index contributed by atoms with van der Waals surface area (Å²) in [4.78, 5) is 43.2. The maximum Gasteiger partial charge on any atom is 0.339 e. The van der Waals surface area contributed by atoms with Crippen molar-refractivity contribution in [2.75, 3.05) is 19.5 Å². The van der Waals surface area contributed by atoms with Gasteiger partial charge in [0.1, 0.15) is 12.3 Å². The molecule has 0 aliphatic rings. The summed E-state index contributed by atoms with van der Waals surface area (Å²) in [5.41, 5.74) is 2.83. The van der Waals surface area contributed by atoms with E-state index in [1.165, 1.54) is 17.6 Å². The third kappa shape index (κ3) is 4.07. The second kappa shape index (κ2) is 9.38. The first-order valence-electron chi connectivity index (χ1n) is 11.1. The molecular weight excluding hydrogens is 460 g/mol. The van der Waals surface area contributed by atoms with E-state index in [-0.39, 0.29) is 17.7 Å². The summed E-state index contributed by atoms with van der Waals surface area (Å²) in [5, 5.41) is 2.78. The molecule has 0 atom stereocenters. The Labute approximate surface area is 205 Å². The molecule has 0 saturated heterocycles. The van der Waals surface area contributed by atoms with Crippen LogP contribution in [0.1, 0.15) is 10.4 Å². The van der Waals surface area contributed by atoms with Crippen LogP contribution in [-0.2, 0) is 16.1 Å². The van der Waals surface area contributed by atoms with Crippen molar-refractivity contribution in [2.45, 2.75) is 6.54 Å². The van der Waals surface area contributed by atoms with Gasteiger partial charge in [0.05, 0.1) is 42.2 Å². The van der Waals surface area contributed by atoms with Crippen LogP contribution in [0.15, 0.2) is 83.7 Å². The van der Waals surface area contributed by atoms with Gasteiger partial charge in [-0.25, -0.2) is 14.2 Å². The minimum absolute atomic E-state index is 0.134. The minimum Gasteiger partial charge on any atom is -0.497 e. The van der Waals surface area contributed by atoms with Crippen molar-refractivity contribution in [3.8, 4) is 17.0 Å². The fourth-order valence-corrected chi connectivity index (χ4v) is 4.15. The predicted molar refractivity (Wildman–Crippen MR) is 135 cm³/mol. The number of amides is 1. The first kappa shape index (κ1) is 22.9. The molecular formula is C27H22N4O5. The van der Waals surface area contributed by atoms with Gasteiger partial charge in [-0.05, 0) is 48.5 Å². The molecule has 9 nitrogen and oxygen atoms in total. The van der Waals surface area contributed by atoms with Crippen molar-refractivity contribution in [1.29, 1.82) is 0 Å². The van der Waals surface area contributed by atoms with E-state index in [0.29, 0.717) is 33.9 Å². The standard InChI is InChI=1S/C27H22N4O5/c1-35-18-13-11-17(12-14-18)21-15-25(33)31-23-10-6-5-9-22(23)30(27(31)29-21)16-24(32)28-20-8-4-3-7-19(20)26(34)36-2/h3-15H,16H2,1-2H3,(H,28,32). The normalized spacial score (nSPS) is 10.9. The number of benzene rings is 3. The third-order valence-corrected chi connectivity index (χ3v) is 5.85. The van der Waals surface area contributed by atoms with Crippen molar-refractivity contribution in [1.82, 2.24) is 14.0 Å². The number of carbonyl (C=O) groups excluding carboxylic acids is 2. The van der Waals surface area contributed by atoms with Crippen LogP contribution in [0.4, 0.5) is 5.69 Å². The summed E-state index contributed by atoms with van der Waals surface area (Å²) in [6.07, 6.45) is 0. The van der Waals surface area contributed by atoms with Gasteiger partial charge in [-0.1, -0.05) is 24.3 Å². The van der Waals surface area contributed by atoms with Crippen molar-refractivity contribution in [3.63, 3.8) is 0 Å². The van der Waals surface area contributed by atoms with Gasteiger partial charge in [0, 0.05) is 11.6 Å². The number of nitrogens with one attached hydrogen (secondary N) is 1. The van der Waals surface area contributed by atoms with Crippen LogP contribution >= 0.6 is 0 Å². The molecule has 9 heteroatoms. The summed E-state index contributed by atoms with van der Waals surface area (Å²) >= 11 is 0. The smallest absolute Gasteiger partial charge is 0.339 e. The Morgan fingerprint density at radius 3 is 2.33 bits per heavy atom. The molecule has 5 rings (SSSR count). The Hall–Kier alpha value is -4.92. The van der Waals surface area contributed by atoms with Crippen molar-refractivity contribution >= 4 is 34.4 Å². The summed E-state index contributed by atoms with van der Waals surface area (Å²) in [6, 6.07) is 22.6. The number of fused-ring (bicyclic) bond motifs is 3. The Morgan fingerprint density at radius 1 is 0.917 bits per heavy atom. The molecule has 0 fully saturated rings. The number of imidazole rings is 1. The van der Waals surface area contributed by atoms with E-state index in [0.717, 1.165) is 5.56 Å². The van der Waals surface area contributed by atoms with Crippen molar-refractivity contribution < 1.29 is 19.1 Å². The van der Waals surface area contributed by atoms with Crippen LogP contribution in [0.2, 0.25) is 0 Å². The summed E-state index contributed by atoms with van der Waals surface area (Å²) in [5.74, 6) is 0.0688. The largest absolute Gasteiger partial charge is 0.497 e. The number of esters is 1. The molecule has 0 radical (unpaired) electrons. The number of rotatable bonds is 6. The van der Waals surface area contributed by atoms with Gasteiger partial charge in [0.15, 0.2) is 0 Å². The number of ether oxygens (including phenoxy) is 2. The minimum atomic E-state index is -0.555. The highest BCUT2D eigenvalue weighted by atomic mass is 16.5. The van der Waals surface area contributed by atoms with Gasteiger partial charge in [0.2, 0.25) is 11.7 Å². The number of para-hydroxylation sites is 3. The lowest BCUT2D eigenvalue weighted by Gasteiger charge is -2.11. The number of hydrogen-bond acceptors (Lipinski definition) is 6. The molecule has 5 aromatic rings.